The topological polar surface area (TPSA) is 75.4 Å². The molecule has 132 valence electrons. The first-order chi connectivity index (χ1) is 10.2. The normalized spacial score (nSPS) is 14.7. The van der Waals surface area contributed by atoms with Crippen LogP contribution in [-0.2, 0) is 4.79 Å². The molecule has 0 aromatic carbocycles. The Hall–Kier alpha value is -1.11. The molecule has 0 saturated carbocycles. The molecule has 6 nitrogen and oxygen atoms in total. The van der Waals surface area contributed by atoms with Gasteiger partial charge < -0.3 is 15.5 Å². The highest BCUT2D eigenvalue weighted by atomic mass is 35.5. The minimum Gasteiger partial charge on any atom is -0.352 e. The number of aromatic nitrogens is 2. The predicted octanol–water partition coefficient (Wildman–Crippen LogP) is 1.73. The van der Waals surface area contributed by atoms with E-state index in [-0.39, 0.29) is 30.7 Å². The molecule has 0 radical (unpaired) electrons. The molecule has 1 aromatic heterocycles. The van der Waals surface area contributed by atoms with Gasteiger partial charge in [0.2, 0.25) is 5.91 Å². The number of nitrogens with two attached hydrogens (primary N) is 1. The van der Waals surface area contributed by atoms with Crippen LogP contribution in [0.4, 0.5) is 5.82 Å². The van der Waals surface area contributed by atoms with Gasteiger partial charge in [-0.1, -0.05) is 13.8 Å². The van der Waals surface area contributed by atoms with Gasteiger partial charge in [-0.15, -0.1) is 29.9 Å². The fraction of sp³-hybridized carbons (Fsp3) is 0.667. The molecule has 0 spiro atoms. The minimum atomic E-state index is -0.394. The molecule has 1 aliphatic heterocycles. The van der Waals surface area contributed by atoms with E-state index in [0.717, 1.165) is 44.8 Å². The molecule has 0 aliphatic carbocycles. The van der Waals surface area contributed by atoms with Gasteiger partial charge in [0.25, 0.3) is 0 Å². The Labute approximate surface area is 150 Å². The Morgan fingerprint density at radius 3 is 2.26 bits per heavy atom. The van der Waals surface area contributed by atoms with E-state index in [4.69, 9.17) is 5.73 Å². The molecule has 2 rings (SSSR count). The zero-order valence-corrected chi connectivity index (χ0v) is 15.4. The van der Waals surface area contributed by atoms with Gasteiger partial charge in [0.15, 0.2) is 5.82 Å². The van der Waals surface area contributed by atoms with Crippen LogP contribution in [0.3, 0.4) is 0 Å². The van der Waals surface area contributed by atoms with Gasteiger partial charge in [0.1, 0.15) is 0 Å². The Balaban J connectivity index is 0.00000242. The first-order valence-corrected chi connectivity index (χ1v) is 7.69. The molecule has 1 aliphatic rings. The smallest absolute Gasteiger partial charge is 0.230 e. The van der Waals surface area contributed by atoms with Gasteiger partial charge in [0, 0.05) is 38.9 Å². The number of amides is 1. The van der Waals surface area contributed by atoms with Crippen LogP contribution in [-0.4, -0.2) is 53.7 Å². The van der Waals surface area contributed by atoms with Crippen LogP contribution in [0.25, 0.3) is 0 Å². The molecule has 1 saturated heterocycles. The summed E-state index contributed by atoms with van der Waals surface area (Å²) in [6.07, 6.45) is 3.26. The van der Waals surface area contributed by atoms with E-state index in [1.54, 1.807) is 6.20 Å². The van der Waals surface area contributed by atoms with Gasteiger partial charge >= 0.3 is 0 Å². The van der Waals surface area contributed by atoms with Crippen molar-refractivity contribution in [2.75, 3.05) is 37.6 Å². The zero-order valence-electron chi connectivity index (χ0n) is 13.8. The Morgan fingerprint density at radius 1 is 1.22 bits per heavy atom. The third-order valence-corrected chi connectivity index (χ3v) is 4.65. The number of halogens is 2. The van der Waals surface area contributed by atoms with E-state index in [9.17, 15) is 4.79 Å². The van der Waals surface area contributed by atoms with Crippen molar-refractivity contribution in [3.8, 4) is 0 Å². The van der Waals surface area contributed by atoms with Crippen LogP contribution in [0.5, 0.6) is 0 Å². The van der Waals surface area contributed by atoms with E-state index in [0.29, 0.717) is 6.54 Å². The number of carbonyl (C=O) groups is 1. The van der Waals surface area contributed by atoms with Crippen molar-refractivity contribution in [1.29, 1.82) is 0 Å². The molecular formula is C15H27Cl2N5O. The third-order valence-electron chi connectivity index (χ3n) is 4.65. The number of hydrogen-bond acceptors (Lipinski definition) is 5. The molecule has 2 N–H and O–H groups in total. The number of carbonyl (C=O) groups excluding carboxylic acids is 1. The van der Waals surface area contributed by atoms with Gasteiger partial charge in [-0.25, -0.2) is 0 Å². The Bertz CT molecular complexity index is 454. The summed E-state index contributed by atoms with van der Waals surface area (Å²) in [5.41, 5.74) is 5.48. The molecule has 1 fully saturated rings. The number of piperazine rings is 1. The van der Waals surface area contributed by atoms with E-state index >= 15 is 0 Å². The lowest BCUT2D eigenvalue weighted by molar-refractivity contribution is -0.142. The number of hydrogen-bond donors (Lipinski definition) is 1. The van der Waals surface area contributed by atoms with Gasteiger partial charge in [-0.3, -0.25) is 4.79 Å². The molecule has 0 unspecified atom stereocenters. The summed E-state index contributed by atoms with van der Waals surface area (Å²) >= 11 is 0. The largest absolute Gasteiger partial charge is 0.352 e. The maximum Gasteiger partial charge on any atom is 0.230 e. The maximum absolute atomic E-state index is 12.8. The van der Waals surface area contributed by atoms with Crippen LogP contribution < -0.4 is 10.6 Å². The zero-order chi connectivity index (χ0) is 15.3. The molecule has 23 heavy (non-hydrogen) atoms. The SMILES string of the molecule is CCC(CC)(CN)C(=O)N1CCN(c2cccnn2)CC1.Cl.Cl. The molecule has 1 amide bonds. The summed E-state index contributed by atoms with van der Waals surface area (Å²) in [6, 6.07) is 3.83. The van der Waals surface area contributed by atoms with Crippen LogP contribution >= 0.6 is 24.8 Å². The number of nitrogens with zero attached hydrogens (tertiary/aromatic N) is 4. The van der Waals surface area contributed by atoms with Crippen LogP contribution in [0.15, 0.2) is 18.3 Å². The van der Waals surface area contributed by atoms with Gasteiger partial charge in [-0.05, 0) is 25.0 Å². The lowest BCUT2D eigenvalue weighted by Crippen LogP contribution is -2.55. The molecule has 2 heterocycles. The van der Waals surface area contributed by atoms with Crippen molar-refractivity contribution >= 4 is 36.5 Å². The molecule has 0 atom stereocenters. The van der Waals surface area contributed by atoms with Crippen LogP contribution in [0.2, 0.25) is 0 Å². The van der Waals surface area contributed by atoms with Crippen molar-refractivity contribution in [2.45, 2.75) is 26.7 Å². The highest BCUT2D eigenvalue weighted by Gasteiger charge is 2.37. The average Bonchev–Trinajstić information content (AvgIpc) is 2.58. The second kappa shape index (κ2) is 9.90. The predicted molar refractivity (Wildman–Crippen MR) is 97.4 cm³/mol. The van der Waals surface area contributed by atoms with E-state index in [2.05, 4.69) is 15.1 Å². The fourth-order valence-electron chi connectivity index (χ4n) is 2.86. The molecule has 8 heteroatoms. The monoisotopic (exact) mass is 363 g/mol. The third kappa shape index (κ3) is 4.68. The second-order valence-corrected chi connectivity index (χ2v) is 5.55. The van der Waals surface area contributed by atoms with Crippen molar-refractivity contribution in [2.24, 2.45) is 11.1 Å². The fourth-order valence-corrected chi connectivity index (χ4v) is 2.86. The van der Waals surface area contributed by atoms with E-state index in [1.807, 2.05) is 30.9 Å². The lowest BCUT2D eigenvalue weighted by atomic mass is 9.81. The maximum atomic E-state index is 12.8. The first-order valence-electron chi connectivity index (χ1n) is 7.69. The van der Waals surface area contributed by atoms with Crippen LogP contribution in [0.1, 0.15) is 26.7 Å². The average molecular weight is 364 g/mol. The van der Waals surface area contributed by atoms with E-state index in [1.165, 1.54) is 0 Å². The summed E-state index contributed by atoms with van der Waals surface area (Å²) in [5.74, 6) is 1.08. The molecular weight excluding hydrogens is 337 g/mol. The molecule has 0 bridgehead atoms. The quantitative estimate of drug-likeness (QED) is 0.861. The lowest BCUT2D eigenvalue weighted by Gasteiger charge is -2.40. The minimum absolute atomic E-state index is 0. The Morgan fingerprint density at radius 2 is 1.83 bits per heavy atom. The molecule has 1 aromatic rings. The van der Waals surface area contributed by atoms with Crippen LogP contribution in [0, 0.1) is 5.41 Å². The number of anilines is 1. The van der Waals surface area contributed by atoms with Crippen molar-refractivity contribution in [3.63, 3.8) is 0 Å². The first kappa shape index (κ1) is 21.9. The van der Waals surface area contributed by atoms with Crippen molar-refractivity contribution in [3.05, 3.63) is 18.3 Å². The van der Waals surface area contributed by atoms with E-state index < -0.39 is 5.41 Å². The highest BCUT2D eigenvalue weighted by molar-refractivity contribution is 5.85. The van der Waals surface area contributed by atoms with Crippen molar-refractivity contribution in [1.82, 2.24) is 15.1 Å². The highest BCUT2D eigenvalue weighted by Crippen LogP contribution is 2.28. The van der Waals surface area contributed by atoms with Gasteiger partial charge in [-0.2, -0.15) is 5.10 Å². The number of rotatable bonds is 5. The summed E-state index contributed by atoms with van der Waals surface area (Å²) in [7, 11) is 0. The summed E-state index contributed by atoms with van der Waals surface area (Å²) < 4.78 is 0. The standard InChI is InChI=1S/C15H25N5O.2ClH/c1-3-15(4-2,12-16)14(21)20-10-8-19(9-11-20)13-6-5-7-17-18-13;;/h5-7H,3-4,8-12,16H2,1-2H3;2*1H. The summed E-state index contributed by atoms with van der Waals surface area (Å²) in [6.45, 7) is 7.53. The summed E-state index contributed by atoms with van der Waals surface area (Å²) in [4.78, 5) is 16.9. The Kier molecular flexibility index (Phi) is 9.42. The van der Waals surface area contributed by atoms with Crippen molar-refractivity contribution < 1.29 is 4.79 Å². The second-order valence-electron chi connectivity index (χ2n) is 5.55. The summed E-state index contributed by atoms with van der Waals surface area (Å²) in [5, 5.41) is 8.03. The van der Waals surface area contributed by atoms with Gasteiger partial charge in [0.05, 0.1) is 5.41 Å².